The van der Waals surface area contributed by atoms with Crippen molar-refractivity contribution in [1.82, 2.24) is 0 Å². The van der Waals surface area contributed by atoms with Gasteiger partial charge in [0.15, 0.2) is 0 Å². The molecular weight excluding hydrogens is 542 g/mol. The van der Waals surface area contributed by atoms with E-state index in [4.69, 9.17) is 0 Å². The van der Waals surface area contributed by atoms with Gasteiger partial charge in [0, 0.05) is 11.4 Å². The van der Waals surface area contributed by atoms with E-state index in [0.717, 1.165) is 22.6 Å². The Hall–Kier alpha value is -5.88. The average Bonchev–Trinajstić information content (AvgIpc) is 3.22. The number of allylic oxidation sites excluding steroid dienone is 4. The highest BCUT2D eigenvalue weighted by Gasteiger charge is 2.45. The Morgan fingerprint density at radius 3 is 1.60 bits per heavy atom. The monoisotopic (exact) mass is 573 g/mol. The van der Waals surface area contributed by atoms with Gasteiger partial charge in [-0.15, -0.1) is 0 Å². The van der Waals surface area contributed by atoms with E-state index in [9.17, 15) is 0 Å². The van der Waals surface area contributed by atoms with Crippen LogP contribution in [0.1, 0.15) is 27.8 Å². The third-order valence-corrected chi connectivity index (χ3v) is 8.99. The number of nitrogens with zero attached hydrogens (tertiary/aromatic N) is 1. The van der Waals surface area contributed by atoms with Crippen LogP contribution in [0.15, 0.2) is 200 Å². The van der Waals surface area contributed by atoms with Gasteiger partial charge in [-0.05, 0) is 87.0 Å². The largest absolute Gasteiger partial charge is 0.304 e. The first-order chi connectivity index (χ1) is 22.3. The van der Waals surface area contributed by atoms with Crippen LogP contribution >= 0.6 is 0 Å². The highest BCUT2D eigenvalue weighted by atomic mass is 15.1. The molecule has 0 aliphatic heterocycles. The van der Waals surface area contributed by atoms with Crippen LogP contribution in [0.3, 0.4) is 0 Å². The summed E-state index contributed by atoms with van der Waals surface area (Å²) in [4.78, 5) is 2.28. The molecule has 0 spiro atoms. The first-order valence-electron chi connectivity index (χ1n) is 15.5. The molecule has 0 N–H and O–H groups in total. The fourth-order valence-corrected chi connectivity index (χ4v) is 7.03. The van der Waals surface area contributed by atoms with Crippen molar-refractivity contribution in [3.8, 4) is 11.1 Å². The van der Waals surface area contributed by atoms with Gasteiger partial charge in [-0.3, -0.25) is 0 Å². The van der Waals surface area contributed by atoms with Crippen molar-refractivity contribution < 1.29 is 0 Å². The van der Waals surface area contributed by atoms with Gasteiger partial charge in [0.25, 0.3) is 0 Å². The fourth-order valence-electron chi connectivity index (χ4n) is 7.03. The summed E-state index contributed by atoms with van der Waals surface area (Å²) in [5.41, 5.74) is 16.4. The summed E-state index contributed by atoms with van der Waals surface area (Å²) in [5, 5.41) is 0. The van der Waals surface area contributed by atoms with E-state index in [1.165, 1.54) is 38.9 Å². The summed E-state index contributed by atoms with van der Waals surface area (Å²) in [5.74, 6) is 0. The average molecular weight is 574 g/mol. The van der Waals surface area contributed by atoms with Crippen LogP contribution in [0.5, 0.6) is 0 Å². The molecule has 0 atom stereocenters. The maximum atomic E-state index is 3.56. The predicted octanol–water partition coefficient (Wildman–Crippen LogP) is 10.9. The maximum absolute atomic E-state index is 3.56. The van der Waals surface area contributed by atoms with Gasteiger partial charge in [-0.2, -0.15) is 0 Å². The molecular formula is C44H31N. The summed E-state index contributed by atoms with van der Waals surface area (Å²) >= 11 is 0. The zero-order valence-corrected chi connectivity index (χ0v) is 24.8. The number of rotatable bonds is 6. The van der Waals surface area contributed by atoms with Crippen LogP contribution in [0.2, 0.25) is 0 Å². The Morgan fingerprint density at radius 1 is 0.444 bits per heavy atom. The molecule has 1 nitrogen and oxygen atoms in total. The van der Waals surface area contributed by atoms with Crippen LogP contribution in [0.4, 0.5) is 11.4 Å². The van der Waals surface area contributed by atoms with Crippen molar-refractivity contribution in [3.63, 3.8) is 0 Å². The zero-order chi connectivity index (χ0) is 30.1. The van der Waals surface area contributed by atoms with Crippen LogP contribution in [-0.2, 0) is 5.41 Å². The molecule has 6 aromatic rings. The lowest BCUT2D eigenvalue weighted by atomic mass is 9.68. The minimum Gasteiger partial charge on any atom is -0.304 e. The normalized spacial score (nSPS) is 14.1. The van der Waals surface area contributed by atoms with E-state index in [1.807, 2.05) is 6.08 Å². The van der Waals surface area contributed by atoms with Crippen LogP contribution in [0.25, 0.3) is 16.7 Å². The second-order valence-corrected chi connectivity index (χ2v) is 11.4. The van der Waals surface area contributed by atoms with Gasteiger partial charge < -0.3 is 4.90 Å². The number of hydrogen-bond acceptors (Lipinski definition) is 1. The lowest BCUT2D eigenvalue weighted by Crippen LogP contribution is -2.28. The minimum atomic E-state index is -0.416. The fraction of sp³-hybridized carbons (Fsp3) is 0.0227. The number of para-hydroxylation sites is 1. The molecule has 1 heteroatoms. The molecule has 0 bridgehead atoms. The molecule has 6 aromatic carbocycles. The van der Waals surface area contributed by atoms with Gasteiger partial charge in [-0.1, -0.05) is 151 Å². The Balaban J connectivity index is 1.26. The van der Waals surface area contributed by atoms with Crippen molar-refractivity contribution in [2.24, 2.45) is 0 Å². The van der Waals surface area contributed by atoms with E-state index in [-0.39, 0.29) is 0 Å². The van der Waals surface area contributed by atoms with E-state index >= 15 is 0 Å². The highest BCUT2D eigenvalue weighted by Crippen LogP contribution is 2.56. The molecule has 0 unspecified atom stereocenters. The summed E-state index contributed by atoms with van der Waals surface area (Å²) in [6.07, 6.45) is 8.50. The summed E-state index contributed by atoms with van der Waals surface area (Å²) in [6, 6.07) is 58.9. The molecule has 45 heavy (non-hydrogen) atoms. The number of hydrogen-bond donors (Lipinski definition) is 0. The number of benzene rings is 6. The van der Waals surface area contributed by atoms with Crippen molar-refractivity contribution >= 4 is 16.9 Å². The van der Waals surface area contributed by atoms with Crippen molar-refractivity contribution in [2.45, 2.75) is 5.41 Å². The second kappa shape index (κ2) is 11.3. The van der Waals surface area contributed by atoms with Gasteiger partial charge in [-0.25, -0.2) is 0 Å². The Bertz CT molecular complexity index is 2070. The molecule has 0 aromatic heterocycles. The van der Waals surface area contributed by atoms with E-state index < -0.39 is 5.41 Å². The number of fused-ring (bicyclic) bond motifs is 3. The number of anilines is 2. The first-order valence-corrected chi connectivity index (χ1v) is 15.5. The smallest absolute Gasteiger partial charge is 0.0890 e. The molecule has 2 aliphatic rings. The second-order valence-electron chi connectivity index (χ2n) is 11.4. The predicted molar refractivity (Wildman–Crippen MR) is 187 cm³/mol. The van der Waals surface area contributed by atoms with Crippen LogP contribution in [0, 0.1) is 0 Å². The standard InChI is InChI=1S/C44H31N/c1-4-15-33(16-5-1)34-17-14-22-38(30-27-34)45(37-20-8-3-9-21-37)39-31-28-36(29-32-39)44(35-18-6-2-7-19-35)42-25-12-10-23-40(42)41-24-11-13-26-43(41)44/h1-21,23-32H. The topological polar surface area (TPSA) is 3.24 Å². The van der Waals surface area contributed by atoms with Crippen molar-refractivity contribution in [1.29, 1.82) is 0 Å². The van der Waals surface area contributed by atoms with E-state index in [2.05, 4.69) is 193 Å². The van der Waals surface area contributed by atoms with E-state index in [1.54, 1.807) is 0 Å². The van der Waals surface area contributed by atoms with Gasteiger partial charge in [0.05, 0.1) is 11.1 Å². The maximum Gasteiger partial charge on any atom is 0.0890 e. The molecule has 2 aliphatic carbocycles. The Morgan fingerprint density at radius 2 is 0.956 bits per heavy atom. The third-order valence-electron chi connectivity index (χ3n) is 8.99. The molecule has 212 valence electrons. The van der Waals surface area contributed by atoms with Gasteiger partial charge in [0.2, 0.25) is 0 Å². The summed E-state index contributed by atoms with van der Waals surface area (Å²) in [6.45, 7) is 0. The highest BCUT2D eigenvalue weighted by molar-refractivity contribution is 5.86. The van der Waals surface area contributed by atoms with Gasteiger partial charge >= 0.3 is 0 Å². The molecule has 0 heterocycles. The molecule has 8 rings (SSSR count). The van der Waals surface area contributed by atoms with E-state index in [0.29, 0.717) is 0 Å². The molecule has 0 amide bonds. The van der Waals surface area contributed by atoms with Gasteiger partial charge in [0.1, 0.15) is 0 Å². The molecule has 0 radical (unpaired) electrons. The summed E-state index contributed by atoms with van der Waals surface area (Å²) < 4.78 is 0. The van der Waals surface area contributed by atoms with Crippen LogP contribution < -0.4 is 4.90 Å². The molecule has 0 saturated carbocycles. The zero-order valence-electron chi connectivity index (χ0n) is 24.8. The molecule has 0 saturated heterocycles. The van der Waals surface area contributed by atoms with Crippen LogP contribution in [-0.4, -0.2) is 0 Å². The third kappa shape index (κ3) is 4.50. The molecule has 0 fully saturated rings. The lowest BCUT2D eigenvalue weighted by Gasteiger charge is -2.34. The Kier molecular flexibility index (Phi) is 6.72. The van der Waals surface area contributed by atoms with Crippen molar-refractivity contribution in [2.75, 3.05) is 4.90 Å². The summed E-state index contributed by atoms with van der Waals surface area (Å²) in [7, 11) is 0. The Labute approximate surface area is 265 Å². The first kappa shape index (κ1) is 26.7. The lowest BCUT2D eigenvalue weighted by molar-refractivity contribution is 0.768. The minimum absolute atomic E-state index is 0.416. The quantitative estimate of drug-likeness (QED) is 0.179. The van der Waals surface area contributed by atoms with Crippen molar-refractivity contribution in [3.05, 3.63) is 227 Å². The SMILES string of the molecule is C1=CC=C(c2ccccc2)C=CC=1N(c1ccccc1)c1ccc(C2(c3ccccc3)c3ccccc3-c3ccccc32)cc1.